The first-order valence-corrected chi connectivity index (χ1v) is 19.2. The van der Waals surface area contributed by atoms with Crippen molar-refractivity contribution in [3.05, 3.63) is 162 Å². The SMILES string of the molecule is Fc1c(F)c(F)c(-c2c3nc(c(-c4c(Cl)cccc4Cl)c4nc(c(-c5c(Cl)cccc5Cl)c5ccc([nH]5)c(-c5c(F)c(F)c(F)c(F)c5F)c5ccc2[nH]5)C=C4)C=C3)c(F)c1F. The third-order valence-electron chi connectivity index (χ3n) is 10.1. The first-order valence-electron chi connectivity index (χ1n) is 17.7. The van der Waals surface area contributed by atoms with E-state index in [1.54, 1.807) is 12.1 Å². The molecule has 0 fully saturated rings. The van der Waals surface area contributed by atoms with Gasteiger partial charge in [-0.25, -0.2) is 53.9 Å². The molecule has 310 valence electrons. The van der Waals surface area contributed by atoms with Crippen molar-refractivity contribution < 1.29 is 43.9 Å². The van der Waals surface area contributed by atoms with Gasteiger partial charge in [-0.05, 0) is 72.8 Å². The molecular formula is C44H16Cl4F10N4. The summed E-state index contributed by atoms with van der Waals surface area (Å²) in [5.41, 5.74) is -5.20. The van der Waals surface area contributed by atoms with Crippen LogP contribution in [0.3, 0.4) is 0 Å². The average Bonchev–Trinajstić information content (AvgIpc) is 4.10. The molecule has 0 unspecified atom stereocenters. The molecule has 2 aliphatic heterocycles. The lowest BCUT2D eigenvalue weighted by Crippen LogP contribution is -2.05. The van der Waals surface area contributed by atoms with Crippen molar-refractivity contribution >= 4 is 92.8 Å². The fraction of sp³-hybridized carbons (Fsp3) is 0. The number of nitrogens with zero attached hydrogens (tertiary/aromatic N) is 2. The van der Waals surface area contributed by atoms with E-state index in [1.165, 1.54) is 60.7 Å². The summed E-state index contributed by atoms with van der Waals surface area (Å²) < 4.78 is 152. The van der Waals surface area contributed by atoms with Gasteiger partial charge in [0, 0.05) is 55.4 Å². The normalized spacial score (nSPS) is 12.2. The van der Waals surface area contributed by atoms with Crippen molar-refractivity contribution in [3.63, 3.8) is 0 Å². The molecule has 0 spiro atoms. The number of fused-ring (bicyclic) bond motifs is 8. The Morgan fingerprint density at radius 1 is 0.290 bits per heavy atom. The molecule has 9 rings (SSSR count). The van der Waals surface area contributed by atoms with Gasteiger partial charge in [0.1, 0.15) is 0 Å². The van der Waals surface area contributed by atoms with Crippen LogP contribution in [0.4, 0.5) is 43.9 Å². The minimum absolute atomic E-state index is 0.0342. The second kappa shape index (κ2) is 15.4. The predicted molar refractivity (Wildman–Crippen MR) is 220 cm³/mol. The minimum atomic E-state index is -2.47. The van der Waals surface area contributed by atoms with Crippen molar-refractivity contribution in [3.8, 4) is 44.5 Å². The summed E-state index contributed by atoms with van der Waals surface area (Å²) in [4.78, 5) is 15.0. The molecule has 7 aromatic rings. The van der Waals surface area contributed by atoms with Gasteiger partial charge in [0.05, 0.1) is 54.0 Å². The van der Waals surface area contributed by atoms with Crippen LogP contribution in [0, 0.1) is 58.2 Å². The Morgan fingerprint density at radius 2 is 0.548 bits per heavy atom. The van der Waals surface area contributed by atoms with Crippen LogP contribution in [0.2, 0.25) is 20.1 Å². The van der Waals surface area contributed by atoms with Crippen LogP contribution in [0.5, 0.6) is 0 Å². The fourth-order valence-electron chi connectivity index (χ4n) is 7.38. The van der Waals surface area contributed by atoms with Gasteiger partial charge in [0.2, 0.25) is 11.6 Å². The minimum Gasteiger partial charge on any atom is -0.354 e. The van der Waals surface area contributed by atoms with Gasteiger partial charge in [-0.15, -0.1) is 0 Å². The maximum Gasteiger partial charge on any atom is 0.200 e. The van der Waals surface area contributed by atoms with Crippen LogP contribution in [0.25, 0.3) is 90.9 Å². The van der Waals surface area contributed by atoms with Gasteiger partial charge >= 0.3 is 0 Å². The van der Waals surface area contributed by atoms with Gasteiger partial charge in [-0.2, -0.15) is 0 Å². The Balaban J connectivity index is 1.57. The first kappa shape index (κ1) is 41.3. The van der Waals surface area contributed by atoms with E-state index in [4.69, 9.17) is 51.4 Å². The summed E-state index contributed by atoms with van der Waals surface area (Å²) >= 11 is 26.9. The van der Waals surface area contributed by atoms with E-state index in [1.807, 2.05) is 0 Å². The number of H-pyrrole nitrogens is 2. The lowest BCUT2D eigenvalue weighted by molar-refractivity contribution is 0.381. The lowest BCUT2D eigenvalue weighted by Gasteiger charge is -2.11. The molecule has 0 saturated heterocycles. The van der Waals surface area contributed by atoms with Crippen molar-refractivity contribution in [1.82, 2.24) is 19.9 Å². The van der Waals surface area contributed by atoms with E-state index in [0.29, 0.717) is 0 Å². The van der Waals surface area contributed by atoms with E-state index in [2.05, 4.69) is 15.0 Å². The molecule has 0 amide bonds. The van der Waals surface area contributed by atoms with Crippen LogP contribution >= 0.6 is 46.4 Å². The zero-order valence-electron chi connectivity index (χ0n) is 30.3. The second-order valence-electron chi connectivity index (χ2n) is 13.6. The Kier molecular flexibility index (Phi) is 10.2. The summed E-state index contributed by atoms with van der Waals surface area (Å²) in [6, 6.07) is 13.8. The van der Waals surface area contributed by atoms with Gasteiger partial charge in [0.15, 0.2) is 46.5 Å². The van der Waals surface area contributed by atoms with Crippen molar-refractivity contribution in [2.75, 3.05) is 0 Å². The summed E-state index contributed by atoms with van der Waals surface area (Å²) in [5.74, 6) is -23.3. The third-order valence-corrected chi connectivity index (χ3v) is 11.4. The quantitative estimate of drug-likeness (QED) is 0.105. The number of halogens is 14. The van der Waals surface area contributed by atoms with Crippen LogP contribution in [-0.2, 0) is 0 Å². The molecule has 2 aliphatic rings. The first-order chi connectivity index (χ1) is 29.6. The molecule has 62 heavy (non-hydrogen) atoms. The maximum atomic E-state index is 15.9. The Hall–Kier alpha value is -6.06. The van der Waals surface area contributed by atoms with Crippen molar-refractivity contribution in [1.29, 1.82) is 0 Å². The molecule has 8 bridgehead atoms. The number of nitrogens with one attached hydrogen (secondary N) is 2. The molecule has 0 aliphatic carbocycles. The van der Waals surface area contributed by atoms with E-state index >= 15 is 17.6 Å². The fourth-order valence-corrected chi connectivity index (χ4v) is 8.55. The molecule has 18 heteroatoms. The Morgan fingerprint density at radius 3 is 0.903 bits per heavy atom. The number of aromatic nitrogens is 4. The van der Waals surface area contributed by atoms with E-state index in [-0.39, 0.29) is 70.5 Å². The third kappa shape index (κ3) is 6.38. The number of rotatable bonds is 4. The molecule has 4 aromatic carbocycles. The molecule has 5 heterocycles. The van der Waals surface area contributed by atoms with Crippen molar-refractivity contribution in [2.45, 2.75) is 0 Å². The lowest BCUT2D eigenvalue weighted by atomic mass is 10.0. The molecule has 0 saturated carbocycles. The van der Waals surface area contributed by atoms with Crippen LogP contribution in [-0.4, -0.2) is 19.9 Å². The molecule has 3 aromatic heterocycles. The van der Waals surface area contributed by atoms with Gasteiger partial charge < -0.3 is 9.97 Å². The van der Waals surface area contributed by atoms with Gasteiger partial charge in [-0.3, -0.25) is 0 Å². The highest BCUT2D eigenvalue weighted by Gasteiger charge is 2.32. The summed E-state index contributed by atoms with van der Waals surface area (Å²) in [5, 5.41) is 0.407. The summed E-state index contributed by atoms with van der Waals surface area (Å²) in [6.07, 6.45) is 5.53. The highest BCUT2D eigenvalue weighted by Crippen LogP contribution is 2.45. The second-order valence-corrected chi connectivity index (χ2v) is 15.2. The van der Waals surface area contributed by atoms with E-state index < -0.39 is 97.2 Å². The number of benzene rings is 4. The van der Waals surface area contributed by atoms with Crippen LogP contribution in [0.1, 0.15) is 22.8 Å². The monoisotopic (exact) mass is 930 g/mol. The maximum absolute atomic E-state index is 15.9. The summed E-state index contributed by atoms with van der Waals surface area (Å²) in [7, 11) is 0. The predicted octanol–water partition coefficient (Wildman–Crippen LogP) is 15.3. The Labute approximate surface area is 361 Å². The largest absolute Gasteiger partial charge is 0.354 e. The topological polar surface area (TPSA) is 57.4 Å². The smallest absolute Gasteiger partial charge is 0.200 e. The van der Waals surface area contributed by atoms with Gasteiger partial charge in [0.25, 0.3) is 0 Å². The van der Waals surface area contributed by atoms with Crippen molar-refractivity contribution in [2.24, 2.45) is 0 Å². The van der Waals surface area contributed by atoms with Crippen LogP contribution in [0.15, 0.2) is 60.7 Å². The molecule has 0 radical (unpaired) electrons. The summed E-state index contributed by atoms with van der Waals surface area (Å²) in [6.45, 7) is 0. The molecule has 0 atom stereocenters. The van der Waals surface area contributed by atoms with E-state index in [0.717, 1.165) is 12.1 Å². The standard InChI is InChI=1S/C44H16Cl4F10N4/c45-15-3-1-4-16(46)27(15)29-19-7-8-20(59-19)30(28-17(47)5-2-6-18(28)48)22-10-12-24(61-22)32(34-37(51)41(55)44(58)42(56)38(34)52)26-14-13-25(62-26)31(23-11-9-21(29)60-23)33-35(49)39(53)43(57)40(54)36(33)50/h1-14,60,62H. The zero-order chi connectivity index (χ0) is 44.0. The average molecular weight is 932 g/mol. The molecule has 4 nitrogen and oxygen atoms in total. The highest BCUT2D eigenvalue weighted by atomic mass is 35.5. The number of hydrogen-bond donors (Lipinski definition) is 2. The number of hydrogen-bond acceptors (Lipinski definition) is 2. The Bertz CT molecular complexity index is 3280. The zero-order valence-corrected chi connectivity index (χ0v) is 33.3. The highest BCUT2D eigenvalue weighted by molar-refractivity contribution is 6.40. The van der Waals surface area contributed by atoms with Gasteiger partial charge in [-0.1, -0.05) is 58.5 Å². The molecule has 2 N–H and O–H groups in total. The van der Waals surface area contributed by atoms with Crippen LogP contribution < -0.4 is 0 Å². The van der Waals surface area contributed by atoms with E-state index in [9.17, 15) is 26.3 Å². The number of aromatic amines is 2. The molecular weight excluding hydrogens is 916 g/mol.